The fourth-order valence-electron chi connectivity index (χ4n) is 1.02. The fraction of sp³-hybridized carbons (Fsp3) is 0.833. The zero-order valence-electron chi connectivity index (χ0n) is 11.5. The van der Waals surface area contributed by atoms with Crippen molar-refractivity contribution in [3.8, 4) is 0 Å². The number of hydrogen-bond donors (Lipinski definition) is 2. The van der Waals surface area contributed by atoms with Crippen molar-refractivity contribution in [2.75, 3.05) is 13.2 Å². The Labute approximate surface area is 108 Å². The quantitative estimate of drug-likeness (QED) is 0.494. The zero-order chi connectivity index (χ0) is 14.3. The molecule has 0 bridgehead atoms. The van der Waals surface area contributed by atoms with Crippen LogP contribution in [0, 0.1) is 11.8 Å². The van der Waals surface area contributed by atoms with Gasteiger partial charge in [-0.2, -0.15) is 0 Å². The second-order valence-electron chi connectivity index (χ2n) is 4.87. The normalized spacial score (nSPS) is 14.4. The molecule has 0 aliphatic rings. The van der Waals surface area contributed by atoms with Gasteiger partial charge in [-0.05, 0) is 11.8 Å². The fourth-order valence-corrected chi connectivity index (χ4v) is 1.02. The summed E-state index contributed by atoms with van der Waals surface area (Å²) in [6.45, 7) is 7.30. The van der Waals surface area contributed by atoms with Crippen LogP contribution < -0.4 is 11.5 Å². The summed E-state index contributed by atoms with van der Waals surface area (Å²) >= 11 is 0. The summed E-state index contributed by atoms with van der Waals surface area (Å²) in [5.74, 6) is -0.966. The smallest absolute Gasteiger partial charge is 0.323 e. The Morgan fingerprint density at radius 3 is 1.33 bits per heavy atom. The maximum absolute atomic E-state index is 11.4. The average Bonchev–Trinajstić information content (AvgIpc) is 2.31. The van der Waals surface area contributed by atoms with E-state index in [1.807, 2.05) is 27.7 Å². The van der Waals surface area contributed by atoms with Gasteiger partial charge in [0.25, 0.3) is 0 Å². The van der Waals surface area contributed by atoms with E-state index in [1.165, 1.54) is 0 Å². The van der Waals surface area contributed by atoms with Crippen LogP contribution in [0.1, 0.15) is 27.7 Å². The van der Waals surface area contributed by atoms with Crippen LogP contribution in [0.15, 0.2) is 0 Å². The first-order valence-corrected chi connectivity index (χ1v) is 6.11. The molecule has 0 rings (SSSR count). The Kier molecular flexibility index (Phi) is 7.54. The lowest BCUT2D eigenvalue weighted by Crippen LogP contribution is -2.39. The van der Waals surface area contributed by atoms with E-state index in [2.05, 4.69) is 0 Å². The summed E-state index contributed by atoms with van der Waals surface area (Å²) in [4.78, 5) is 22.7. The third kappa shape index (κ3) is 5.97. The van der Waals surface area contributed by atoms with Gasteiger partial charge in [0.15, 0.2) is 0 Å². The molecule has 0 amide bonds. The molecular weight excluding hydrogens is 236 g/mol. The zero-order valence-corrected chi connectivity index (χ0v) is 11.5. The van der Waals surface area contributed by atoms with Gasteiger partial charge in [-0.15, -0.1) is 0 Å². The van der Waals surface area contributed by atoms with E-state index in [1.54, 1.807) is 0 Å². The van der Waals surface area contributed by atoms with Crippen LogP contribution in [-0.4, -0.2) is 37.2 Å². The van der Waals surface area contributed by atoms with E-state index >= 15 is 0 Å². The Morgan fingerprint density at radius 1 is 0.833 bits per heavy atom. The number of carbonyl (C=O) groups excluding carboxylic acids is 2. The van der Waals surface area contributed by atoms with Crippen molar-refractivity contribution < 1.29 is 19.1 Å². The molecule has 0 aromatic rings. The van der Waals surface area contributed by atoms with Crippen LogP contribution >= 0.6 is 0 Å². The van der Waals surface area contributed by atoms with Crippen molar-refractivity contribution in [1.29, 1.82) is 0 Å². The van der Waals surface area contributed by atoms with Gasteiger partial charge in [0, 0.05) is 0 Å². The van der Waals surface area contributed by atoms with Crippen molar-refractivity contribution in [3.63, 3.8) is 0 Å². The number of esters is 2. The third-order valence-electron chi connectivity index (χ3n) is 2.55. The van der Waals surface area contributed by atoms with Crippen LogP contribution in [0.4, 0.5) is 0 Å². The van der Waals surface area contributed by atoms with E-state index in [0.29, 0.717) is 0 Å². The second-order valence-corrected chi connectivity index (χ2v) is 4.87. The maximum Gasteiger partial charge on any atom is 0.323 e. The highest BCUT2D eigenvalue weighted by Crippen LogP contribution is 2.02. The Bertz CT molecular complexity index is 251. The molecular formula is C12H24N2O4. The molecule has 6 heteroatoms. The standard InChI is InChI=1S/C12H24N2O4/c1-7(2)9(13)11(15)17-5-6-18-12(16)10(14)8(3)4/h7-10H,5-6,13-14H2,1-4H3. The molecule has 2 atom stereocenters. The molecule has 0 radical (unpaired) electrons. The number of ether oxygens (including phenoxy) is 2. The van der Waals surface area contributed by atoms with Crippen LogP contribution in [0.2, 0.25) is 0 Å². The van der Waals surface area contributed by atoms with Crippen molar-refractivity contribution >= 4 is 11.9 Å². The van der Waals surface area contributed by atoms with Crippen molar-refractivity contribution in [2.24, 2.45) is 23.3 Å². The van der Waals surface area contributed by atoms with Crippen LogP contribution in [0.5, 0.6) is 0 Å². The van der Waals surface area contributed by atoms with E-state index < -0.39 is 24.0 Å². The third-order valence-corrected chi connectivity index (χ3v) is 2.55. The predicted molar refractivity (Wildman–Crippen MR) is 67.5 cm³/mol. The Balaban J connectivity index is 3.81. The van der Waals surface area contributed by atoms with Crippen molar-refractivity contribution in [3.05, 3.63) is 0 Å². The number of rotatable bonds is 7. The van der Waals surface area contributed by atoms with Crippen LogP contribution in [0.25, 0.3) is 0 Å². The minimum absolute atomic E-state index is 0.00416. The van der Waals surface area contributed by atoms with Gasteiger partial charge in [0.2, 0.25) is 0 Å². The number of carbonyl (C=O) groups is 2. The van der Waals surface area contributed by atoms with Gasteiger partial charge in [-0.1, -0.05) is 27.7 Å². The molecule has 0 aliphatic heterocycles. The lowest BCUT2D eigenvalue weighted by molar-refractivity contribution is -0.155. The minimum atomic E-state index is -0.654. The van der Waals surface area contributed by atoms with Gasteiger partial charge in [-0.25, -0.2) is 0 Å². The summed E-state index contributed by atoms with van der Waals surface area (Å²) in [5.41, 5.74) is 11.2. The molecule has 6 nitrogen and oxygen atoms in total. The molecule has 0 heterocycles. The lowest BCUT2D eigenvalue weighted by atomic mass is 10.1. The number of hydrogen-bond acceptors (Lipinski definition) is 6. The summed E-state index contributed by atoms with van der Waals surface area (Å²) < 4.78 is 9.75. The molecule has 2 unspecified atom stereocenters. The van der Waals surface area contributed by atoms with Crippen molar-refractivity contribution in [2.45, 2.75) is 39.8 Å². The van der Waals surface area contributed by atoms with Gasteiger partial charge in [0.1, 0.15) is 25.3 Å². The molecule has 106 valence electrons. The lowest BCUT2D eigenvalue weighted by Gasteiger charge is -2.16. The second kappa shape index (κ2) is 8.05. The molecule has 18 heavy (non-hydrogen) atoms. The molecule has 0 aromatic carbocycles. The molecule has 0 spiro atoms. The highest BCUT2D eigenvalue weighted by Gasteiger charge is 2.20. The molecule has 0 fully saturated rings. The largest absolute Gasteiger partial charge is 0.461 e. The van der Waals surface area contributed by atoms with Gasteiger partial charge >= 0.3 is 11.9 Å². The van der Waals surface area contributed by atoms with Crippen LogP contribution in [0.3, 0.4) is 0 Å². The van der Waals surface area contributed by atoms with E-state index in [4.69, 9.17) is 20.9 Å². The molecule has 0 aliphatic carbocycles. The minimum Gasteiger partial charge on any atom is -0.461 e. The van der Waals surface area contributed by atoms with Crippen LogP contribution in [-0.2, 0) is 19.1 Å². The first-order valence-electron chi connectivity index (χ1n) is 6.11. The maximum atomic E-state index is 11.4. The Morgan fingerprint density at radius 2 is 1.11 bits per heavy atom. The predicted octanol–water partition coefficient (Wildman–Crippen LogP) is 0.0394. The summed E-state index contributed by atoms with van der Waals surface area (Å²) in [6, 6.07) is -1.31. The Hall–Kier alpha value is -1.14. The summed E-state index contributed by atoms with van der Waals surface area (Å²) in [5, 5.41) is 0. The van der Waals surface area contributed by atoms with E-state index in [-0.39, 0.29) is 25.0 Å². The first kappa shape index (κ1) is 16.9. The van der Waals surface area contributed by atoms with E-state index in [9.17, 15) is 9.59 Å². The van der Waals surface area contributed by atoms with Gasteiger partial charge in [-0.3, -0.25) is 9.59 Å². The molecule has 4 N–H and O–H groups in total. The first-order chi connectivity index (χ1) is 8.27. The highest BCUT2D eigenvalue weighted by molar-refractivity contribution is 5.76. The monoisotopic (exact) mass is 260 g/mol. The van der Waals surface area contributed by atoms with Crippen molar-refractivity contribution in [1.82, 2.24) is 0 Å². The summed E-state index contributed by atoms with van der Waals surface area (Å²) in [6.07, 6.45) is 0. The van der Waals surface area contributed by atoms with Gasteiger partial charge < -0.3 is 20.9 Å². The number of nitrogens with two attached hydrogens (primary N) is 2. The average molecular weight is 260 g/mol. The topological polar surface area (TPSA) is 105 Å². The van der Waals surface area contributed by atoms with Gasteiger partial charge in [0.05, 0.1) is 0 Å². The summed E-state index contributed by atoms with van der Waals surface area (Å²) in [7, 11) is 0. The molecule has 0 aromatic heterocycles. The molecule has 0 saturated heterocycles. The van der Waals surface area contributed by atoms with E-state index in [0.717, 1.165) is 0 Å². The SMILES string of the molecule is CC(C)C(N)C(=O)OCCOC(=O)C(N)C(C)C. The molecule has 0 saturated carbocycles. The highest BCUT2D eigenvalue weighted by atomic mass is 16.6.